The lowest BCUT2D eigenvalue weighted by atomic mass is 9.82. The van der Waals surface area contributed by atoms with Crippen LogP contribution in [0.1, 0.15) is 52.7 Å². The number of nitrogens with zero attached hydrogens (tertiary/aromatic N) is 1. The normalized spacial score (nSPS) is 24.5. The van der Waals surface area contributed by atoms with Crippen molar-refractivity contribution in [3.05, 3.63) is 21.4 Å². The third-order valence-corrected chi connectivity index (χ3v) is 7.54. The number of nitrogens with one attached hydrogen (secondary N) is 1. The Bertz CT molecular complexity index is 676. The minimum Gasteiger partial charge on any atom is -0.388 e. The van der Waals surface area contributed by atoms with Gasteiger partial charge in [0.05, 0.1) is 22.7 Å². The number of carbonyl (C=O) groups excluding carboxylic acids is 1. The molecule has 0 aromatic carbocycles. The molecule has 0 bridgehead atoms. The summed E-state index contributed by atoms with van der Waals surface area (Å²) in [6.45, 7) is 7.48. The maximum atomic E-state index is 12.7. The molecule has 4 heterocycles. The molecule has 0 unspecified atom stereocenters. The van der Waals surface area contributed by atoms with E-state index >= 15 is 0 Å². The third-order valence-electron chi connectivity index (χ3n) is 6.34. The lowest BCUT2D eigenvalue weighted by Gasteiger charge is -2.43. The molecule has 0 saturated carbocycles. The number of fused-ring (bicyclic) bond motifs is 2. The van der Waals surface area contributed by atoms with E-state index in [1.165, 1.54) is 10.4 Å². The Morgan fingerprint density at radius 1 is 1.26 bits per heavy atom. The Hall–Kier alpha value is -0.990. The van der Waals surface area contributed by atoms with Gasteiger partial charge in [-0.05, 0) is 31.0 Å². The predicted molar refractivity (Wildman–Crippen MR) is 104 cm³/mol. The summed E-state index contributed by atoms with van der Waals surface area (Å²) >= 11 is 1.59. The second kappa shape index (κ2) is 7.79. The molecule has 6 nitrogen and oxygen atoms in total. The van der Waals surface area contributed by atoms with Crippen molar-refractivity contribution in [3.63, 3.8) is 0 Å². The van der Waals surface area contributed by atoms with Crippen LogP contribution in [0.15, 0.2) is 6.07 Å². The molecule has 2 saturated heterocycles. The summed E-state index contributed by atoms with van der Waals surface area (Å²) in [6.07, 6.45) is 4.00. The van der Waals surface area contributed by atoms with Crippen LogP contribution in [0.2, 0.25) is 0 Å². The molecule has 150 valence electrons. The van der Waals surface area contributed by atoms with Gasteiger partial charge in [-0.3, -0.25) is 4.79 Å². The van der Waals surface area contributed by atoms with Crippen molar-refractivity contribution in [1.29, 1.82) is 0 Å². The minimum absolute atomic E-state index is 0.0875. The van der Waals surface area contributed by atoms with Gasteiger partial charge in [0.25, 0.3) is 5.91 Å². The van der Waals surface area contributed by atoms with E-state index in [4.69, 9.17) is 9.47 Å². The van der Waals surface area contributed by atoms with E-state index in [-0.39, 0.29) is 18.1 Å². The molecule has 1 aromatic rings. The summed E-state index contributed by atoms with van der Waals surface area (Å²) in [5.41, 5.74) is 0.166. The van der Waals surface area contributed by atoms with Crippen molar-refractivity contribution >= 4 is 17.2 Å². The van der Waals surface area contributed by atoms with Crippen LogP contribution in [-0.4, -0.2) is 67.5 Å². The van der Waals surface area contributed by atoms with E-state index < -0.39 is 5.60 Å². The fraction of sp³-hybridized carbons (Fsp3) is 0.750. The first-order valence-electron chi connectivity index (χ1n) is 10.1. The summed E-state index contributed by atoms with van der Waals surface area (Å²) < 4.78 is 11.6. The second-order valence-corrected chi connectivity index (χ2v) is 9.13. The first-order valence-corrected chi connectivity index (χ1v) is 10.9. The highest BCUT2D eigenvalue weighted by atomic mass is 32.1. The molecule has 2 fully saturated rings. The van der Waals surface area contributed by atoms with Gasteiger partial charge in [0.1, 0.15) is 0 Å². The average Bonchev–Trinajstić information content (AvgIpc) is 3.14. The molecule has 4 rings (SSSR count). The number of thiophene rings is 1. The molecule has 2 N–H and O–H groups in total. The Morgan fingerprint density at radius 2 is 2.00 bits per heavy atom. The number of hydrogen-bond donors (Lipinski definition) is 2. The van der Waals surface area contributed by atoms with E-state index in [9.17, 15) is 9.90 Å². The van der Waals surface area contributed by atoms with E-state index in [0.29, 0.717) is 26.1 Å². The van der Waals surface area contributed by atoms with Gasteiger partial charge in [0, 0.05) is 57.0 Å². The van der Waals surface area contributed by atoms with Crippen molar-refractivity contribution in [2.75, 3.05) is 46.0 Å². The predicted octanol–water partition coefficient (Wildman–Crippen LogP) is 1.90. The Morgan fingerprint density at radius 3 is 2.70 bits per heavy atom. The number of hydrogen-bond acceptors (Lipinski definition) is 6. The van der Waals surface area contributed by atoms with Gasteiger partial charge in [-0.1, -0.05) is 6.92 Å². The number of aliphatic hydroxyl groups is 1. The summed E-state index contributed by atoms with van der Waals surface area (Å²) in [6, 6.07) is 2.05. The van der Waals surface area contributed by atoms with Crippen molar-refractivity contribution in [3.8, 4) is 0 Å². The van der Waals surface area contributed by atoms with Gasteiger partial charge in [-0.15, -0.1) is 11.3 Å². The number of amides is 1. The molecule has 3 aliphatic rings. The molecule has 0 radical (unpaired) electrons. The van der Waals surface area contributed by atoms with Crippen molar-refractivity contribution in [1.82, 2.24) is 10.2 Å². The standard InChI is InChI=1S/C20H30N2O4S/c1-2-22-8-4-20(5-9-22)15-13-17(27-16(15)3-10-26-20)18(23)21-14-19(24)6-11-25-12-7-19/h13,24H,2-12,14H2,1H3,(H,21,23). The lowest BCUT2D eigenvalue weighted by Crippen LogP contribution is -2.46. The van der Waals surface area contributed by atoms with Crippen LogP contribution in [-0.2, 0) is 21.5 Å². The zero-order valence-electron chi connectivity index (χ0n) is 16.1. The SMILES string of the molecule is CCN1CCC2(CC1)OCCc1sc(C(=O)NCC3(O)CCOCC3)cc12. The van der Waals surface area contributed by atoms with Crippen LogP contribution >= 0.6 is 11.3 Å². The van der Waals surface area contributed by atoms with Gasteiger partial charge in [-0.2, -0.15) is 0 Å². The van der Waals surface area contributed by atoms with Crippen molar-refractivity contribution in [2.24, 2.45) is 0 Å². The number of carbonyl (C=O) groups is 1. The maximum Gasteiger partial charge on any atom is 0.261 e. The zero-order valence-corrected chi connectivity index (χ0v) is 16.9. The summed E-state index contributed by atoms with van der Waals surface area (Å²) in [7, 11) is 0. The molecule has 1 aromatic heterocycles. The molecule has 3 aliphatic heterocycles. The topological polar surface area (TPSA) is 71.0 Å². The van der Waals surface area contributed by atoms with Gasteiger partial charge >= 0.3 is 0 Å². The highest BCUT2D eigenvalue weighted by Crippen LogP contribution is 2.44. The maximum absolute atomic E-state index is 12.7. The van der Waals surface area contributed by atoms with Gasteiger partial charge < -0.3 is 24.8 Å². The minimum atomic E-state index is -0.845. The molecule has 7 heteroatoms. The molecule has 0 atom stereocenters. The summed E-state index contributed by atoms with van der Waals surface area (Å²) in [5, 5.41) is 13.5. The smallest absolute Gasteiger partial charge is 0.261 e. The monoisotopic (exact) mass is 394 g/mol. The van der Waals surface area contributed by atoms with Crippen LogP contribution in [0.3, 0.4) is 0 Å². The number of ether oxygens (including phenoxy) is 2. The Labute approximate surface area is 164 Å². The van der Waals surface area contributed by atoms with Gasteiger partial charge in [0.2, 0.25) is 0 Å². The average molecular weight is 395 g/mol. The Kier molecular flexibility index (Phi) is 5.58. The summed E-state index contributed by atoms with van der Waals surface area (Å²) in [4.78, 5) is 17.2. The fourth-order valence-corrected chi connectivity index (χ4v) is 5.58. The number of likely N-dealkylation sites (tertiary alicyclic amines) is 1. The van der Waals surface area contributed by atoms with Crippen LogP contribution in [0.5, 0.6) is 0 Å². The van der Waals surface area contributed by atoms with Crippen molar-refractivity contribution < 1.29 is 19.4 Å². The molecular formula is C20H30N2O4S. The van der Waals surface area contributed by atoms with E-state index in [2.05, 4.69) is 17.1 Å². The highest BCUT2D eigenvalue weighted by molar-refractivity contribution is 7.14. The number of rotatable bonds is 4. The first-order chi connectivity index (χ1) is 13.0. The third kappa shape index (κ3) is 3.93. The fourth-order valence-electron chi connectivity index (χ4n) is 4.43. The van der Waals surface area contributed by atoms with Crippen LogP contribution in [0.25, 0.3) is 0 Å². The van der Waals surface area contributed by atoms with Crippen LogP contribution in [0, 0.1) is 0 Å². The van der Waals surface area contributed by atoms with E-state index in [0.717, 1.165) is 50.4 Å². The van der Waals surface area contributed by atoms with Crippen molar-refractivity contribution in [2.45, 2.75) is 50.2 Å². The van der Waals surface area contributed by atoms with E-state index in [1.807, 2.05) is 6.07 Å². The quantitative estimate of drug-likeness (QED) is 0.816. The largest absolute Gasteiger partial charge is 0.388 e. The molecule has 1 spiro atoms. The molecule has 27 heavy (non-hydrogen) atoms. The van der Waals surface area contributed by atoms with Crippen LogP contribution < -0.4 is 5.32 Å². The summed E-state index contributed by atoms with van der Waals surface area (Å²) in [5.74, 6) is -0.0875. The van der Waals surface area contributed by atoms with Gasteiger partial charge in [-0.25, -0.2) is 0 Å². The first kappa shape index (κ1) is 19.3. The highest BCUT2D eigenvalue weighted by Gasteiger charge is 2.42. The Balaban J connectivity index is 1.45. The zero-order chi connectivity index (χ0) is 18.9. The molecule has 1 amide bonds. The molecule has 0 aliphatic carbocycles. The lowest BCUT2D eigenvalue weighted by molar-refractivity contribution is -0.0964. The second-order valence-electron chi connectivity index (χ2n) is 7.99. The van der Waals surface area contributed by atoms with Gasteiger partial charge in [0.15, 0.2) is 0 Å². The van der Waals surface area contributed by atoms with E-state index in [1.54, 1.807) is 11.3 Å². The number of piperidine rings is 1. The van der Waals surface area contributed by atoms with Crippen LogP contribution in [0.4, 0.5) is 0 Å². The molecular weight excluding hydrogens is 364 g/mol.